The molecule has 0 radical (unpaired) electrons. The molecule has 1 rings (SSSR count). The fourth-order valence-electron chi connectivity index (χ4n) is 1.52. The van der Waals surface area contributed by atoms with Crippen LogP contribution in [0.15, 0.2) is 18.2 Å². The van der Waals surface area contributed by atoms with Crippen LogP contribution in [0.3, 0.4) is 0 Å². The summed E-state index contributed by atoms with van der Waals surface area (Å²) in [5.41, 5.74) is 2.05. The lowest BCUT2D eigenvalue weighted by atomic mass is 10.0. The zero-order valence-corrected chi connectivity index (χ0v) is 10.1. The molecule has 0 amide bonds. The Morgan fingerprint density at radius 1 is 1.47 bits per heavy atom. The third-order valence-electron chi connectivity index (χ3n) is 2.43. The summed E-state index contributed by atoms with van der Waals surface area (Å²) in [6, 6.07) is 5.78. The molecule has 3 heteroatoms. The van der Waals surface area contributed by atoms with Crippen molar-refractivity contribution in [2.24, 2.45) is 0 Å². The van der Waals surface area contributed by atoms with Gasteiger partial charge >= 0.3 is 0 Å². The molecule has 0 saturated heterocycles. The van der Waals surface area contributed by atoms with E-state index in [1.165, 1.54) is 0 Å². The van der Waals surface area contributed by atoms with Crippen LogP contribution in [0.25, 0.3) is 0 Å². The fourth-order valence-corrected chi connectivity index (χ4v) is 1.66. The van der Waals surface area contributed by atoms with Crippen LogP contribution in [0, 0.1) is 0 Å². The number of benzene rings is 1. The van der Waals surface area contributed by atoms with Crippen molar-refractivity contribution < 1.29 is 9.84 Å². The van der Waals surface area contributed by atoms with Crippen LogP contribution in [0.4, 0.5) is 0 Å². The maximum atomic E-state index is 9.40. The molecule has 0 saturated carbocycles. The van der Waals surface area contributed by atoms with E-state index in [0.29, 0.717) is 0 Å². The summed E-state index contributed by atoms with van der Waals surface area (Å²) in [4.78, 5) is 0. The van der Waals surface area contributed by atoms with Crippen molar-refractivity contribution in [3.05, 3.63) is 29.3 Å². The topological polar surface area (TPSA) is 29.5 Å². The molecule has 1 aromatic rings. The van der Waals surface area contributed by atoms with Crippen LogP contribution < -0.4 is 4.74 Å². The number of aliphatic hydroxyl groups excluding tert-OH is 1. The molecule has 2 atom stereocenters. The first-order valence-corrected chi connectivity index (χ1v) is 5.52. The van der Waals surface area contributed by atoms with Gasteiger partial charge in [0.05, 0.1) is 18.6 Å². The molecule has 0 aromatic heterocycles. The number of aliphatic hydroxyl groups is 1. The predicted molar refractivity (Wildman–Crippen MR) is 62.6 cm³/mol. The minimum absolute atomic E-state index is 0.360. The molecule has 0 fully saturated rings. The van der Waals surface area contributed by atoms with Crippen molar-refractivity contribution >= 4 is 11.6 Å². The second-order valence-electron chi connectivity index (χ2n) is 3.57. The zero-order chi connectivity index (χ0) is 11.4. The molecule has 1 N–H and O–H groups in total. The first-order valence-electron chi connectivity index (χ1n) is 5.09. The Labute approximate surface area is 95.8 Å². The van der Waals surface area contributed by atoms with Gasteiger partial charge in [0.1, 0.15) is 5.75 Å². The molecule has 15 heavy (non-hydrogen) atoms. The molecule has 0 spiro atoms. The smallest absolute Gasteiger partial charge is 0.122 e. The highest BCUT2D eigenvalue weighted by Crippen LogP contribution is 2.29. The van der Waals surface area contributed by atoms with Gasteiger partial charge in [-0.15, -0.1) is 11.6 Å². The standard InChI is InChI=1S/C12H17ClO2/c1-4-9-7-10(12(13)8(2)14)5-6-11(9)15-3/h5-8,12,14H,4H2,1-3H3. The third kappa shape index (κ3) is 2.86. The zero-order valence-electron chi connectivity index (χ0n) is 9.33. The Hall–Kier alpha value is -0.730. The maximum absolute atomic E-state index is 9.40. The molecular formula is C12H17ClO2. The largest absolute Gasteiger partial charge is 0.496 e. The molecule has 1 aromatic carbocycles. The van der Waals surface area contributed by atoms with Crippen LogP contribution in [0.5, 0.6) is 5.75 Å². The van der Waals surface area contributed by atoms with E-state index in [2.05, 4.69) is 6.92 Å². The van der Waals surface area contributed by atoms with Crippen molar-refractivity contribution in [1.82, 2.24) is 0 Å². The number of halogens is 1. The van der Waals surface area contributed by atoms with E-state index in [1.54, 1.807) is 14.0 Å². The number of rotatable bonds is 4. The van der Waals surface area contributed by atoms with Gasteiger partial charge in [-0.25, -0.2) is 0 Å². The number of methoxy groups -OCH3 is 1. The van der Waals surface area contributed by atoms with Gasteiger partial charge in [0.25, 0.3) is 0 Å². The SMILES string of the molecule is CCc1cc(C(Cl)C(C)O)ccc1OC. The van der Waals surface area contributed by atoms with E-state index < -0.39 is 6.10 Å². The Kier molecular flexibility index (Phi) is 4.43. The number of hydrogen-bond acceptors (Lipinski definition) is 2. The van der Waals surface area contributed by atoms with Crippen molar-refractivity contribution in [2.45, 2.75) is 31.7 Å². The van der Waals surface area contributed by atoms with Gasteiger partial charge in [-0.05, 0) is 30.5 Å². The van der Waals surface area contributed by atoms with Crippen molar-refractivity contribution in [3.63, 3.8) is 0 Å². The second-order valence-corrected chi connectivity index (χ2v) is 4.04. The molecular weight excluding hydrogens is 212 g/mol. The summed E-state index contributed by atoms with van der Waals surface area (Å²) in [6.07, 6.45) is 0.338. The van der Waals surface area contributed by atoms with Gasteiger partial charge in [0.2, 0.25) is 0 Å². The second kappa shape index (κ2) is 5.38. The van der Waals surface area contributed by atoms with E-state index in [0.717, 1.165) is 23.3 Å². The van der Waals surface area contributed by atoms with Gasteiger partial charge in [-0.1, -0.05) is 19.1 Å². The first-order chi connectivity index (χ1) is 7.10. The number of alkyl halides is 1. The minimum Gasteiger partial charge on any atom is -0.496 e. The molecule has 2 unspecified atom stereocenters. The van der Waals surface area contributed by atoms with E-state index in [-0.39, 0.29) is 5.38 Å². The Morgan fingerprint density at radius 3 is 2.60 bits per heavy atom. The van der Waals surface area contributed by atoms with Crippen LogP contribution in [0.2, 0.25) is 0 Å². The van der Waals surface area contributed by atoms with Crippen LogP contribution >= 0.6 is 11.6 Å². The third-order valence-corrected chi connectivity index (χ3v) is 3.04. The Bertz CT molecular complexity index is 323. The molecule has 0 aliphatic carbocycles. The van der Waals surface area contributed by atoms with Crippen LogP contribution in [0.1, 0.15) is 30.4 Å². The molecule has 2 nitrogen and oxygen atoms in total. The van der Waals surface area contributed by atoms with E-state index in [4.69, 9.17) is 16.3 Å². The summed E-state index contributed by atoms with van der Waals surface area (Å²) in [5, 5.41) is 9.04. The lowest BCUT2D eigenvalue weighted by Gasteiger charge is -2.15. The van der Waals surface area contributed by atoms with Gasteiger partial charge in [-0.3, -0.25) is 0 Å². The lowest BCUT2D eigenvalue weighted by Crippen LogP contribution is -2.09. The Balaban J connectivity index is 3.02. The van der Waals surface area contributed by atoms with Gasteiger partial charge in [0, 0.05) is 0 Å². The monoisotopic (exact) mass is 228 g/mol. The molecule has 0 bridgehead atoms. The summed E-state index contributed by atoms with van der Waals surface area (Å²) in [5.74, 6) is 0.871. The summed E-state index contributed by atoms with van der Waals surface area (Å²) in [6.45, 7) is 3.75. The summed E-state index contributed by atoms with van der Waals surface area (Å²) in [7, 11) is 1.65. The Morgan fingerprint density at radius 2 is 2.13 bits per heavy atom. The van der Waals surface area contributed by atoms with Crippen molar-refractivity contribution in [2.75, 3.05) is 7.11 Å². The fraction of sp³-hybridized carbons (Fsp3) is 0.500. The molecule has 84 valence electrons. The predicted octanol–water partition coefficient (Wildman–Crippen LogP) is 2.92. The summed E-state index contributed by atoms with van der Waals surface area (Å²) >= 11 is 6.07. The first kappa shape index (κ1) is 12.3. The quantitative estimate of drug-likeness (QED) is 0.803. The van der Waals surface area contributed by atoms with E-state index in [1.807, 2.05) is 18.2 Å². The van der Waals surface area contributed by atoms with Gasteiger partial charge in [-0.2, -0.15) is 0 Å². The minimum atomic E-state index is -0.551. The highest BCUT2D eigenvalue weighted by atomic mass is 35.5. The number of ether oxygens (including phenoxy) is 1. The molecule has 0 aliphatic rings. The normalized spacial score (nSPS) is 14.7. The van der Waals surface area contributed by atoms with Gasteiger partial charge < -0.3 is 9.84 Å². The average molecular weight is 229 g/mol. The van der Waals surface area contributed by atoms with E-state index >= 15 is 0 Å². The summed E-state index contributed by atoms with van der Waals surface area (Å²) < 4.78 is 5.23. The van der Waals surface area contributed by atoms with Crippen molar-refractivity contribution in [1.29, 1.82) is 0 Å². The highest BCUT2D eigenvalue weighted by molar-refractivity contribution is 6.21. The van der Waals surface area contributed by atoms with E-state index in [9.17, 15) is 5.11 Å². The molecule has 0 aliphatic heterocycles. The molecule has 0 heterocycles. The highest BCUT2D eigenvalue weighted by Gasteiger charge is 2.15. The lowest BCUT2D eigenvalue weighted by molar-refractivity contribution is 0.189. The average Bonchev–Trinajstić information content (AvgIpc) is 2.26. The maximum Gasteiger partial charge on any atom is 0.122 e. The number of hydrogen-bond donors (Lipinski definition) is 1. The van der Waals surface area contributed by atoms with Crippen LogP contribution in [-0.2, 0) is 6.42 Å². The van der Waals surface area contributed by atoms with Crippen molar-refractivity contribution in [3.8, 4) is 5.75 Å². The number of aryl methyl sites for hydroxylation is 1. The van der Waals surface area contributed by atoms with Gasteiger partial charge in [0.15, 0.2) is 0 Å². The van der Waals surface area contributed by atoms with Crippen LogP contribution in [-0.4, -0.2) is 18.3 Å².